The van der Waals surface area contributed by atoms with Gasteiger partial charge in [-0.05, 0) is 31.2 Å². The molecule has 10 heteroatoms. The zero-order chi connectivity index (χ0) is 19.8. The molecule has 29 heavy (non-hydrogen) atoms. The number of nitrogens with zero attached hydrogens (tertiary/aromatic N) is 6. The van der Waals surface area contributed by atoms with Crippen LogP contribution in [0.2, 0.25) is 0 Å². The maximum Gasteiger partial charge on any atom is 0.267 e. The van der Waals surface area contributed by atoms with Crippen molar-refractivity contribution in [1.82, 2.24) is 29.4 Å². The summed E-state index contributed by atoms with van der Waals surface area (Å²) in [5.41, 5.74) is 2.79. The molecular formula is C19H23N7O3. The first kappa shape index (κ1) is 18.2. The molecule has 4 heterocycles. The predicted octanol–water partition coefficient (Wildman–Crippen LogP) is 0.758. The van der Waals surface area contributed by atoms with E-state index >= 15 is 0 Å². The summed E-state index contributed by atoms with van der Waals surface area (Å²) >= 11 is 0. The molecular weight excluding hydrogens is 374 g/mol. The molecule has 0 amide bonds. The SMILES string of the molecule is COCc1cc(NC2COCC2n2nc3c(cc2=O)CCCC3)n2ncnc2n1. The van der Waals surface area contributed by atoms with E-state index in [1.54, 1.807) is 22.4 Å². The Bertz CT molecular complexity index is 1090. The second kappa shape index (κ2) is 7.53. The average molecular weight is 397 g/mol. The predicted molar refractivity (Wildman–Crippen MR) is 104 cm³/mol. The maximum absolute atomic E-state index is 12.7. The molecule has 152 valence electrons. The van der Waals surface area contributed by atoms with Gasteiger partial charge in [0.15, 0.2) is 0 Å². The number of anilines is 1. The van der Waals surface area contributed by atoms with E-state index < -0.39 is 0 Å². The second-order valence-electron chi connectivity index (χ2n) is 7.50. The van der Waals surface area contributed by atoms with Crippen LogP contribution >= 0.6 is 0 Å². The van der Waals surface area contributed by atoms with Crippen molar-refractivity contribution in [2.75, 3.05) is 25.6 Å². The molecule has 1 aliphatic carbocycles. The fraction of sp³-hybridized carbons (Fsp3) is 0.526. The molecule has 0 bridgehead atoms. The van der Waals surface area contributed by atoms with E-state index in [1.807, 2.05) is 6.07 Å². The van der Waals surface area contributed by atoms with Gasteiger partial charge in [0, 0.05) is 19.2 Å². The largest absolute Gasteiger partial charge is 0.378 e. The van der Waals surface area contributed by atoms with Crippen LogP contribution in [0.25, 0.3) is 5.78 Å². The van der Waals surface area contributed by atoms with E-state index in [0.29, 0.717) is 25.6 Å². The van der Waals surface area contributed by atoms with Gasteiger partial charge in [0.05, 0.1) is 37.3 Å². The van der Waals surface area contributed by atoms with Crippen LogP contribution in [0.1, 0.15) is 35.8 Å². The van der Waals surface area contributed by atoms with Crippen LogP contribution in [0.15, 0.2) is 23.3 Å². The summed E-state index contributed by atoms with van der Waals surface area (Å²) in [5, 5.41) is 12.4. The van der Waals surface area contributed by atoms with Gasteiger partial charge < -0.3 is 14.8 Å². The lowest BCUT2D eigenvalue weighted by Gasteiger charge is -2.23. The highest BCUT2D eigenvalue weighted by atomic mass is 16.5. The number of methoxy groups -OCH3 is 1. The van der Waals surface area contributed by atoms with E-state index in [4.69, 9.17) is 14.6 Å². The fourth-order valence-corrected chi connectivity index (χ4v) is 4.11. The van der Waals surface area contributed by atoms with Crippen molar-refractivity contribution in [2.45, 2.75) is 44.4 Å². The first-order valence-electron chi connectivity index (χ1n) is 9.87. The Hall–Kier alpha value is -2.85. The molecule has 3 aromatic heterocycles. The van der Waals surface area contributed by atoms with Crippen molar-refractivity contribution in [3.63, 3.8) is 0 Å². The van der Waals surface area contributed by atoms with Gasteiger partial charge in [-0.15, -0.1) is 0 Å². The zero-order valence-corrected chi connectivity index (χ0v) is 16.2. The molecule has 5 rings (SSSR count). The average Bonchev–Trinajstić information content (AvgIpc) is 3.37. The number of fused-ring (bicyclic) bond motifs is 2. The minimum atomic E-state index is -0.202. The van der Waals surface area contributed by atoms with E-state index in [0.717, 1.165) is 48.5 Å². The van der Waals surface area contributed by atoms with Gasteiger partial charge >= 0.3 is 0 Å². The van der Waals surface area contributed by atoms with Crippen molar-refractivity contribution in [3.8, 4) is 0 Å². The summed E-state index contributed by atoms with van der Waals surface area (Å²) in [6, 6.07) is 3.29. The lowest BCUT2D eigenvalue weighted by molar-refractivity contribution is 0.181. The standard InChI is InChI=1S/C19H23N7O3/c1-28-8-13-7-17(26-19(22-13)20-11-21-26)23-15-9-29-10-16(15)25-18(27)6-12-4-2-3-5-14(12)24-25/h6-7,11,15-16,23H,2-5,8-10H2,1H3. The zero-order valence-electron chi connectivity index (χ0n) is 16.2. The summed E-state index contributed by atoms with van der Waals surface area (Å²) in [4.78, 5) is 21.4. The molecule has 3 aromatic rings. The van der Waals surface area contributed by atoms with Crippen molar-refractivity contribution in [1.29, 1.82) is 0 Å². The van der Waals surface area contributed by atoms with Crippen molar-refractivity contribution < 1.29 is 9.47 Å². The monoisotopic (exact) mass is 397 g/mol. The molecule has 0 saturated carbocycles. The Kier molecular flexibility index (Phi) is 4.72. The third-order valence-electron chi connectivity index (χ3n) is 5.53. The van der Waals surface area contributed by atoms with E-state index in [2.05, 4.69) is 20.4 Å². The normalized spacial score (nSPS) is 21.4. The number of hydrogen-bond acceptors (Lipinski definition) is 8. The van der Waals surface area contributed by atoms with Crippen molar-refractivity contribution in [3.05, 3.63) is 45.8 Å². The van der Waals surface area contributed by atoms with Gasteiger partial charge in [0.25, 0.3) is 11.3 Å². The first-order chi connectivity index (χ1) is 14.2. The van der Waals surface area contributed by atoms with Crippen LogP contribution < -0.4 is 10.9 Å². The molecule has 1 aliphatic heterocycles. The highest BCUT2D eigenvalue weighted by Crippen LogP contribution is 2.24. The van der Waals surface area contributed by atoms with Gasteiger partial charge in [-0.3, -0.25) is 4.79 Å². The van der Waals surface area contributed by atoms with Gasteiger partial charge in [0.1, 0.15) is 18.2 Å². The minimum Gasteiger partial charge on any atom is -0.378 e. The summed E-state index contributed by atoms with van der Waals surface area (Å²) in [6.45, 7) is 1.27. The first-order valence-corrected chi connectivity index (χ1v) is 9.87. The summed E-state index contributed by atoms with van der Waals surface area (Å²) in [6.07, 6.45) is 5.55. The van der Waals surface area contributed by atoms with E-state index in [9.17, 15) is 4.79 Å². The van der Waals surface area contributed by atoms with Gasteiger partial charge in [0.2, 0.25) is 0 Å². The quantitative estimate of drug-likeness (QED) is 0.672. The topological polar surface area (TPSA) is 108 Å². The third kappa shape index (κ3) is 3.38. The van der Waals surface area contributed by atoms with E-state index in [-0.39, 0.29) is 17.6 Å². The van der Waals surface area contributed by atoms with Crippen LogP contribution in [0.3, 0.4) is 0 Å². The van der Waals surface area contributed by atoms with Gasteiger partial charge in [-0.2, -0.15) is 19.7 Å². The Labute approximate surface area is 166 Å². The molecule has 1 fully saturated rings. The van der Waals surface area contributed by atoms with Crippen LogP contribution in [0, 0.1) is 0 Å². The molecule has 2 atom stereocenters. The number of aromatic nitrogens is 6. The van der Waals surface area contributed by atoms with Crippen molar-refractivity contribution in [2.24, 2.45) is 0 Å². The summed E-state index contributed by atoms with van der Waals surface area (Å²) in [7, 11) is 1.62. The summed E-state index contributed by atoms with van der Waals surface area (Å²) in [5.74, 6) is 1.22. The summed E-state index contributed by atoms with van der Waals surface area (Å²) < 4.78 is 14.2. The number of ether oxygens (including phenoxy) is 2. The fourth-order valence-electron chi connectivity index (χ4n) is 4.11. The Morgan fingerprint density at radius 1 is 1.28 bits per heavy atom. The Morgan fingerprint density at radius 3 is 3.07 bits per heavy atom. The number of aryl methyl sites for hydroxylation is 2. The van der Waals surface area contributed by atoms with E-state index in [1.165, 1.54) is 6.33 Å². The van der Waals surface area contributed by atoms with Crippen LogP contribution in [-0.4, -0.2) is 55.7 Å². The number of rotatable bonds is 5. The molecule has 1 N–H and O–H groups in total. The second-order valence-corrected chi connectivity index (χ2v) is 7.50. The smallest absolute Gasteiger partial charge is 0.267 e. The third-order valence-corrected chi connectivity index (χ3v) is 5.53. The lowest BCUT2D eigenvalue weighted by Crippen LogP contribution is -2.38. The Morgan fingerprint density at radius 2 is 2.17 bits per heavy atom. The van der Waals surface area contributed by atoms with Crippen molar-refractivity contribution >= 4 is 11.6 Å². The molecule has 0 aromatic carbocycles. The molecule has 0 radical (unpaired) electrons. The molecule has 2 aliphatic rings. The maximum atomic E-state index is 12.7. The van der Waals surface area contributed by atoms with Crippen LogP contribution in [-0.2, 0) is 28.9 Å². The van der Waals surface area contributed by atoms with Gasteiger partial charge in [-0.1, -0.05) is 0 Å². The highest BCUT2D eigenvalue weighted by Gasteiger charge is 2.33. The number of hydrogen-bond donors (Lipinski definition) is 1. The molecule has 10 nitrogen and oxygen atoms in total. The minimum absolute atomic E-state index is 0.0753. The van der Waals surface area contributed by atoms with Gasteiger partial charge in [-0.25, -0.2) is 9.67 Å². The molecule has 1 saturated heterocycles. The lowest BCUT2D eigenvalue weighted by atomic mass is 9.97. The van der Waals surface area contributed by atoms with Crippen LogP contribution in [0.4, 0.5) is 5.82 Å². The number of nitrogens with one attached hydrogen (secondary N) is 1. The Balaban J connectivity index is 1.47. The molecule has 2 unspecified atom stereocenters. The molecule has 0 spiro atoms. The highest BCUT2D eigenvalue weighted by molar-refractivity contribution is 5.46. The van der Waals surface area contributed by atoms with Crippen LogP contribution in [0.5, 0.6) is 0 Å².